The average Bonchev–Trinajstić information content (AvgIpc) is 2.96. The highest BCUT2D eigenvalue weighted by Gasteiger charge is 2.43. The highest BCUT2D eigenvalue weighted by Crippen LogP contribution is 2.33. The van der Waals surface area contributed by atoms with Gasteiger partial charge in [0.05, 0.1) is 25.4 Å². The first-order chi connectivity index (χ1) is 9.91. The second kappa shape index (κ2) is 9.79. The summed E-state index contributed by atoms with van der Waals surface area (Å²) in [6, 6.07) is 0. The number of hydrogen-bond donors (Lipinski definition) is 2. The molecule has 21 heavy (non-hydrogen) atoms. The summed E-state index contributed by atoms with van der Waals surface area (Å²) >= 11 is 3.33. The van der Waals surface area contributed by atoms with Crippen molar-refractivity contribution in [3.63, 3.8) is 0 Å². The Kier molecular flexibility index (Phi) is 8.82. The number of rotatable bonds is 0. The highest BCUT2D eigenvalue weighted by molar-refractivity contribution is 7.96. The van der Waals surface area contributed by atoms with Crippen molar-refractivity contribution < 1.29 is 24.1 Å². The van der Waals surface area contributed by atoms with E-state index in [2.05, 4.69) is 26.5 Å². The summed E-state index contributed by atoms with van der Waals surface area (Å²) < 4.78 is 16.0. The van der Waals surface area contributed by atoms with Gasteiger partial charge in [0.2, 0.25) is 0 Å². The van der Waals surface area contributed by atoms with Crippen LogP contribution in [0.25, 0.3) is 0 Å². The van der Waals surface area contributed by atoms with Crippen molar-refractivity contribution >= 4 is 17.7 Å². The van der Waals surface area contributed by atoms with E-state index in [-0.39, 0.29) is 5.12 Å². The summed E-state index contributed by atoms with van der Waals surface area (Å²) in [7, 11) is 0. The molecule has 5 nitrogen and oxygen atoms in total. The van der Waals surface area contributed by atoms with Crippen LogP contribution in [0.15, 0.2) is 0 Å². The lowest BCUT2D eigenvalue weighted by Crippen LogP contribution is -2.23. The fourth-order valence-corrected chi connectivity index (χ4v) is 2.61. The number of carbonyl (C=O) groups excluding carboxylic acids is 1. The molecule has 0 saturated carbocycles. The van der Waals surface area contributed by atoms with Gasteiger partial charge in [-0.3, -0.25) is 4.79 Å². The first-order valence-corrected chi connectivity index (χ1v) is 8.09. The van der Waals surface area contributed by atoms with Gasteiger partial charge >= 0.3 is 0 Å². The molecule has 3 saturated heterocycles. The topological polar surface area (TPSA) is 65.0 Å². The minimum Gasteiger partial charge on any atom is -0.375 e. The first kappa shape index (κ1) is 18.9. The number of aliphatic hydroxyl groups excluding tert-OH is 1. The maximum Gasteiger partial charge on any atom is 0.182 e. The Morgan fingerprint density at radius 3 is 1.81 bits per heavy atom. The summed E-state index contributed by atoms with van der Waals surface area (Å²) in [6.07, 6.45) is 3.37. The molecule has 5 atom stereocenters. The van der Waals surface area contributed by atoms with E-state index in [1.165, 1.54) is 6.92 Å². The standard InChI is InChI=1S/C8H14O2.C5H10O2.C2H4OS/c1-5-3-9-8-6(2)4-10-7(5)8;6-5-3-1-2-4-7-5;1-2(3)4/h5-8H,3-4H2,1-2H3;5-6H,1-4H2;1H3,(H,3,4)/t5?,6?,7-,8-;;/m1../s1. The molecule has 0 aromatic carbocycles. The van der Waals surface area contributed by atoms with Crippen molar-refractivity contribution in [2.75, 3.05) is 19.8 Å². The van der Waals surface area contributed by atoms with Gasteiger partial charge in [0.25, 0.3) is 0 Å². The predicted octanol–water partition coefficient (Wildman–Crippen LogP) is 2.02. The second-order valence-corrected chi connectivity index (χ2v) is 6.52. The van der Waals surface area contributed by atoms with Crippen molar-refractivity contribution in [2.45, 2.75) is 58.5 Å². The second-order valence-electron chi connectivity index (χ2n) is 5.89. The number of aliphatic hydroxyl groups is 1. The number of thiol groups is 1. The van der Waals surface area contributed by atoms with E-state index in [1.807, 2.05) is 0 Å². The normalized spacial score (nSPS) is 37.7. The summed E-state index contributed by atoms with van der Waals surface area (Å²) in [5.41, 5.74) is 0. The lowest BCUT2D eigenvalue weighted by molar-refractivity contribution is -0.123. The summed E-state index contributed by atoms with van der Waals surface area (Å²) in [6.45, 7) is 8.30. The SMILES string of the molecule is CC(=O)S.CC1CO[C@@H]2C(C)CO[C@H]12.OC1CCCCO1. The molecule has 0 aliphatic carbocycles. The Hall–Kier alpha value is -0.140. The quantitative estimate of drug-likeness (QED) is 0.669. The van der Waals surface area contributed by atoms with Crippen molar-refractivity contribution in [1.29, 1.82) is 0 Å². The molecule has 6 heteroatoms. The Bertz CT molecular complexity index is 286. The van der Waals surface area contributed by atoms with E-state index in [9.17, 15) is 4.79 Å². The van der Waals surface area contributed by atoms with Gasteiger partial charge in [0.15, 0.2) is 11.4 Å². The van der Waals surface area contributed by atoms with Gasteiger partial charge in [-0.1, -0.05) is 13.8 Å². The van der Waals surface area contributed by atoms with Crippen molar-refractivity contribution in [1.82, 2.24) is 0 Å². The molecular formula is C15H28O5S. The van der Waals surface area contributed by atoms with Crippen LogP contribution >= 0.6 is 12.6 Å². The van der Waals surface area contributed by atoms with E-state index in [1.54, 1.807) is 0 Å². The zero-order valence-corrected chi connectivity index (χ0v) is 14.1. The van der Waals surface area contributed by atoms with Crippen LogP contribution in [0.3, 0.4) is 0 Å². The maximum atomic E-state index is 9.31. The van der Waals surface area contributed by atoms with Crippen LogP contribution in [0, 0.1) is 11.8 Å². The zero-order chi connectivity index (χ0) is 15.8. The maximum absolute atomic E-state index is 9.31. The van der Waals surface area contributed by atoms with Crippen molar-refractivity contribution in [3.05, 3.63) is 0 Å². The Balaban J connectivity index is 0.000000176. The minimum atomic E-state index is -0.464. The van der Waals surface area contributed by atoms with Crippen LogP contribution in [0.4, 0.5) is 0 Å². The fraction of sp³-hybridized carbons (Fsp3) is 0.933. The van der Waals surface area contributed by atoms with Crippen LogP contribution in [0.5, 0.6) is 0 Å². The lowest BCUT2D eigenvalue weighted by atomic mass is 9.99. The van der Waals surface area contributed by atoms with Gasteiger partial charge in [0, 0.05) is 25.4 Å². The molecule has 0 radical (unpaired) electrons. The Morgan fingerprint density at radius 1 is 1.05 bits per heavy atom. The molecule has 0 aromatic rings. The van der Waals surface area contributed by atoms with Crippen molar-refractivity contribution in [3.8, 4) is 0 Å². The average molecular weight is 320 g/mol. The number of hydrogen-bond acceptors (Lipinski definition) is 5. The van der Waals surface area contributed by atoms with Crippen LogP contribution < -0.4 is 0 Å². The van der Waals surface area contributed by atoms with E-state index in [0.717, 1.165) is 39.1 Å². The highest BCUT2D eigenvalue weighted by atomic mass is 32.1. The Morgan fingerprint density at radius 2 is 1.52 bits per heavy atom. The molecule has 0 spiro atoms. The van der Waals surface area contributed by atoms with Crippen LogP contribution in [-0.2, 0) is 19.0 Å². The largest absolute Gasteiger partial charge is 0.375 e. The van der Waals surface area contributed by atoms with Gasteiger partial charge in [-0.15, -0.1) is 12.6 Å². The molecular weight excluding hydrogens is 292 g/mol. The van der Waals surface area contributed by atoms with Gasteiger partial charge in [-0.25, -0.2) is 0 Å². The van der Waals surface area contributed by atoms with Gasteiger partial charge in [0.1, 0.15) is 0 Å². The molecule has 1 N–H and O–H groups in total. The van der Waals surface area contributed by atoms with Gasteiger partial charge < -0.3 is 19.3 Å². The van der Waals surface area contributed by atoms with E-state index in [4.69, 9.17) is 19.3 Å². The number of carbonyl (C=O) groups is 1. The molecule has 0 bridgehead atoms. The first-order valence-electron chi connectivity index (χ1n) is 7.64. The molecule has 3 aliphatic rings. The predicted molar refractivity (Wildman–Crippen MR) is 83.3 cm³/mol. The van der Waals surface area contributed by atoms with Crippen molar-refractivity contribution in [2.24, 2.45) is 11.8 Å². The van der Waals surface area contributed by atoms with Gasteiger partial charge in [-0.05, 0) is 19.3 Å². The third-order valence-corrected chi connectivity index (χ3v) is 3.70. The molecule has 3 fully saturated rings. The van der Waals surface area contributed by atoms with Gasteiger partial charge in [-0.2, -0.15) is 0 Å². The lowest BCUT2D eigenvalue weighted by Gasteiger charge is -2.16. The third kappa shape index (κ3) is 7.10. The zero-order valence-electron chi connectivity index (χ0n) is 13.2. The Labute approximate surface area is 132 Å². The minimum absolute atomic E-state index is 0.139. The van der Waals surface area contributed by atoms with E-state index in [0.29, 0.717) is 24.0 Å². The van der Waals surface area contributed by atoms with E-state index >= 15 is 0 Å². The van der Waals surface area contributed by atoms with Crippen LogP contribution in [0.1, 0.15) is 40.0 Å². The molecule has 3 heterocycles. The summed E-state index contributed by atoms with van der Waals surface area (Å²) in [5.74, 6) is 1.21. The molecule has 3 unspecified atom stereocenters. The van der Waals surface area contributed by atoms with Crippen LogP contribution in [0.2, 0.25) is 0 Å². The number of fused-ring (bicyclic) bond motifs is 1. The molecule has 124 valence electrons. The van der Waals surface area contributed by atoms with E-state index < -0.39 is 6.29 Å². The monoisotopic (exact) mass is 320 g/mol. The fourth-order valence-electron chi connectivity index (χ4n) is 2.61. The number of ether oxygens (including phenoxy) is 3. The molecule has 0 aromatic heterocycles. The molecule has 0 amide bonds. The smallest absolute Gasteiger partial charge is 0.182 e. The summed E-state index contributed by atoms with van der Waals surface area (Å²) in [5, 5.41) is 8.55. The molecule has 3 rings (SSSR count). The summed E-state index contributed by atoms with van der Waals surface area (Å²) in [4.78, 5) is 9.31. The third-order valence-electron chi connectivity index (χ3n) is 3.70. The van der Waals surface area contributed by atoms with Crippen LogP contribution in [-0.4, -0.2) is 48.5 Å². The molecule has 3 aliphatic heterocycles.